The van der Waals surface area contributed by atoms with Gasteiger partial charge in [0.15, 0.2) is 0 Å². The Morgan fingerprint density at radius 1 is 1.30 bits per heavy atom. The van der Waals surface area contributed by atoms with Crippen molar-refractivity contribution in [1.82, 2.24) is 4.90 Å². The maximum Gasteiger partial charge on any atom is 0.410 e. The van der Waals surface area contributed by atoms with Crippen LogP contribution in [0.3, 0.4) is 0 Å². The molecule has 1 heterocycles. The Bertz CT molecular complexity index is 586. The lowest BCUT2D eigenvalue weighted by atomic mass is 10.2. The third-order valence-electron chi connectivity index (χ3n) is 3.41. The van der Waals surface area contributed by atoms with Crippen molar-refractivity contribution in [2.24, 2.45) is 0 Å². The van der Waals surface area contributed by atoms with E-state index < -0.39 is 23.6 Å². The molecule has 1 aliphatic heterocycles. The molecule has 2 rings (SSSR count). The number of nitrogens with zero attached hydrogens (tertiary/aromatic N) is 2. The highest BCUT2D eigenvalue weighted by molar-refractivity contribution is 9.10. The molecule has 1 unspecified atom stereocenters. The van der Waals surface area contributed by atoms with E-state index in [-0.39, 0.29) is 10.8 Å². The summed E-state index contributed by atoms with van der Waals surface area (Å²) in [5, 5.41) is 0.0970. The van der Waals surface area contributed by atoms with Crippen LogP contribution in [0.1, 0.15) is 33.6 Å². The summed E-state index contributed by atoms with van der Waals surface area (Å²) >= 11 is 3.26. The normalized spacial score (nSPS) is 18.0. The molecule has 0 spiro atoms. The number of hydrogen-bond acceptors (Lipinski definition) is 3. The second kappa shape index (κ2) is 6.86. The van der Waals surface area contributed by atoms with Gasteiger partial charge in [0.25, 0.3) is 5.91 Å². The van der Waals surface area contributed by atoms with Gasteiger partial charge in [-0.1, -0.05) is 20.4 Å². The molecule has 5 nitrogen and oxygen atoms in total. The molecular formula is C16H20BrFN2O3. The average Bonchev–Trinajstić information content (AvgIpc) is 2.94. The topological polar surface area (TPSA) is 49.9 Å². The molecule has 0 aromatic heterocycles. The van der Waals surface area contributed by atoms with Crippen LogP contribution in [-0.2, 0) is 9.53 Å². The summed E-state index contributed by atoms with van der Waals surface area (Å²) in [5.74, 6) is -0.754. The number of likely N-dealkylation sites (tertiary alicyclic amines) is 1. The molecule has 2 amide bonds. The first-order valence-electron chi connectivity index (χ1n) is 7.44. The number of rotatable bonds is 2. The van der Waals surface area contributed by atoms with Crippen LogP contribution in [0.25, 0.3) is 0 Å². The highest BCUT2D eigenvalue weighted by atomic mass is 79.9. The molecule has 0 aliphatic carbocycles. The van der Waals surface area contributed by atoms with E-state index in [9.17, 15) is 14.1 Å². The first kappa shape index (κ1) is 17.7. The number of anilines is 1. The maximum atomic E-state index is 14.4. The van der Waals surface area contributed by atoms with Crippen LogP contribution in [0.15, 0.2) is 28.7 Å². The fourth-order valence-corrected chi connectivity index (χ4v) is 2.66. The fraction of sp³-hybridized carbons (Fsp3) is 0.500. The first-order valence-corrected chi connectivity index (χ1v) is 8.23. The molecule has 126 valence electrons. The van der Waals surface area contributed by atoms with Gasteiger partial charge in [-0.05, 0) is 57.9 Å². The minimum atomic E-state index is -0.835. The van der Waals surface area contributed by atoms with Crippen molar-refractivity contribution in [3.8, 4) is 0 Å². The van der Waals surface area contributed by atoms with Crippen LogP contribution in [0.5, 0.6) is 0 Å². The SMILES string of the molecule is CC(C)(C)OC(=O)N1CCCC1C(=O)N(F)c1ccc(Br)cc1. The van der Waals surface area contributed by atoms with Gasteiger partial charge in [0.1, 0.15) is 11.6 Å². The van der Waals surface area contributed by atoms with E-state index >= 15 is 0 Å². The highest BCUT2D eigenvalue weighted by Crippen LogP contribution is 2.26. The number of carbonyl (C=O) groups is 2. The van der Waals surface area contributed by atoms with Gasteiger partial charge >= 0.3 is 6.09 Å². The molecule has 1 saturated heterocycles. The number of ether oxygens (including phenoxy) is 1. The summed E-state index contributed by atoms with van der Waals surface area (Å²) in [7, 11) is 0. The number of benzene rings is 1. The Kier molecular flexibility index (Phi) is 5.29. The molecule has 0 N–H and O–H groups in total. The van der Waals surface area contributed by atoms with Crippen LogP contribution < -0.4 is 5.12 Å². The zero-order valence-corrected chi connectivity index (χ0v) is 15.0. The molecule has 0 radical (unpaired) electrons. The molecule has 1 fully saturated rings. The van der Waals surface area contributed by atoms with E-state index in [1.54, 1.807) is 32.9 Å². The highest BCUT2D eigenvalue weighted by Gasteiger charge is 2.39. The molecule has 1 aliphatic rings. The van der Waals surface area contributed by atoms with Crippen molar-refractivity contribution in [2.45, 2.75) is 45.3 Å². The quantitative estimate of drug-likeness (QED) is 0.719. The molecule has 7 heteroatoms. The predicted molar refractivity (Wildman–Crippen MR) is 88.7 cm³/mol. The lowest BCUT2D eigenvalue weighted by molar-refractivity contribution is -0.125. The summed E-state index contributed by atoms with van der Waals surface area (Å²) in [4.78, 5) is 25.9. The van der Waals surface area contributed by atoms with E-state index in [1.165, 1.54) is 17.0 Å². The Labute approximate surface area is 143 Å². The van der Waals surface area contributed by atoms with Gasteiger partial charge in [-0.15, -0.1) is 5.12 Å². The smallest absolute Gasteiger partial charge is 0.410 e. The van der Waals surface area contributed by atoms with E-state index in [1.807, 2.05) is 0 Å². The van der Waals surface area contributed by atoms with E-state index in [0.29, 0.717) is 19.4 Å². The molecule has 1 aromatic rings. The third kappa shape index (κ3) is 4.43. The maximum absolute atomic E-state index is 14.4. The Morgan fingerprint density at radius 2 is 1.91 bits per heavy atom. The average molecular weight is 387 g/mol. The second-order valence-corrected chi connectivity index (χ2v) is 7.34. The van der Waals surface area contributed by atoms with E-state index in [4.69, 9.17) is 4.74 Å². The molecule has 0 bridgehead atoms. The van der Waals surface area contributed by atoms with Crippen molar-refractivity contribution in [1.29, 1.82) is 0 Å². The largest absolute Gasteiger partial charge is 0.444 e. The van der Waals surface area contributed by atoms with Crippen LogP contribution >= 0.6 is 15.9 Å². The van der Waals surface area contributed by atoms with Gasteiger partial charge in [-0.2, -0.15) is 0 Å². The standard InChI is InChI=1S/C16H20BrFN2O3/c1-16(2,3)23-15(22)19-10-4-5-13(19)14(21)20(18)12-8-6-11(17)7-9-12/h6-9,13H,4-5,10H2,1-3H3. The van der Waals surface area contributed by atoms with Crippen LogP contribution in [0.2, 0.25) is 0 Å². The summed E-state index contributed by atoms with van der Waals surface area (Å²) in [6.45, 7) is 5.64. The van der Waals surface area contributed by atoms with Crippen LogP contribution in [-0.4, -0.2) is 35.1 Å². The summed E-state index contributed by atoms with van der Waals surface area (Å²) < 4.78 is 20.5. The molecular weight excluding hydrogens is 367 g/mol. The van der Waals surface area contributed by atoms with E-state index in [0.717, 1.165) is 4.47 Å². The van der Waals surface area contributed by atoms with Gasteiger partial charge in [0.2, 0.25) is 0 Å². The summed E-state index contributed by atoms with van der Waals surface area (Å²) in [6.07, 6.45) is 0.483. The Morgan fingerprint density at radius 3 is 2.48 bits per heavy atom. The minimum absolute atomic E-state index is 0.0970. The van der Waals surface area contributed by atoms with Crippen molar-refractivity contribution in [2.75, 3.05) is 11.7 Å². The first-order chi connectivity index (χ1) is 10.7. The fourth-order valence-electron chi connectivity index (χ4n) is 2.39. The summed E-state index contributed by atoms with van der Waals surface area (Å²) in [6, 6.07) is 5.45. The number of carbonyl (C=O) groups excluding carboxylic acids is 2. The van der Waals surface area contributed by atoms with Gasteiger partial charge in [-0.25, -0.2) is 4.79 Å². The van der Waals surface area contributed by atoms with Crippen LogP contribution in [0.4, 0.5) is 15.0 Å². The van der Waals surface area contributed by atoms with Crippen molar-refractivity contribution in [3.63, 3.8) is 0 Å². The van der Waals surface area contributed by atoms with Crippen molar-refractivity contribution < 1.29 is 18.8 Å². The zero-order chi connectivity index (χ0) is 17.2. The van der Waals surface area contributed by atoms with Gasteiger partial charge in [0, 0.05) is 11.0 Å². The number of halogens is 2. The monoisotopic (exact) mass is 386 g/mol. The molecule has 1 atom stereocenters. The zero-order valence-electron chi connectivity index (χ0n) is 13.4. The lowest BCUT2D eigenvalue weighted by Crippen LogP contribution is -2.47. The second-order valence-electron chi connectivity index (χ2n) is 6.43. The minimum Gasteiger partial charge on any atom is -0.444 e. The molecule has 1 aromatic carbocycles. The third-order valence-corrected chi connectivity index (χ3v) is 3.94. The number of amides is 2. The van der Waals surface area contributed by atoms with Crippen molar-refractivity contribution >= 4 is 33.6 Å². The summed E-state index contributed by atoms with van der Waals surface area (Å²) in [5.41, 5.74) is -0.525. The number of hydrogen-bond donors (Lipinski definition) is 0. The van der Waals surface area contributed by atoms with E-state index in [2.05, 4.69) is 15.9 Å². The molecule has 23 heavy (non-hydrogen) atoms. The van der Waals surface area contributed by atoms with Crippen molar-refractivity contribution in [3.05, 3.63) is 28.7 Å². The molecule has 0 saturated carbocycles. The Balaban J connectivity index is 2.11. The van der Waals surface area contributed by atoms with Gasteiger partial charge < -0.3 is 4.74 Å². The lowest BCUT2D eigenvalue weighted by Gasteiger charge is -2.28. The van der Waals surface area contributed by atoms with Crippen LogP contribution in [0, 0.1) is 0 Å². The van der Waals surface area contributed by atoms with Gasteiger partial charge in [-0.3, -0.25) is 9.69 Å². The predicted octanol–water partition coefficient (Wildman–Crippen LogP) is 4.07. The Hall–Kier alpha value is -1.63. The van der Waals surface area contributed by atoms with Gasteiger partial charge in [0.05, 0.1) is 5.69 Å².